The van der Waals surface area contributed by atoms with E-state index in [4.69, 9.17) is 11.5 Å². The normalized spacial score (nSPS) is 15.0. The van der Waals surface area contributed by atoms with Crippen molar-refractivity contribution in [2.24, 2.45) is 29.2 Å². The van der Waals surface area contributed by atoms with Gasteiger partial charge in [-0.05, 0) is 99.3 Å². The number of aliphatic hydroxyl groups excluding tert-OH is 1. The Kier molecular flexibility index (Phi) is 33.4. The lowest BCUT2D eigenvalue weighted by Crippen LogP contribution is -2.61. The lowest BCUT2D eigenvalue weighted by atomic mass is 10.00. The molecule has 1 aromatic heterocycles. The number of imidazole rings is 1. The number of carboxylic acids is 3. The molecule has 32 heteroatoms. The zero-order chi connectivity index (χ0) is 67.2. The van der Waals surface area contributed by atoms with Crippen LogP contribution in [-0.2, 0) is 75.2 Å². The van der Waals surface area contributed by atoms with Crippen LogP contribution in [0.4, 0.5) is 0 Å². The number of carbonyl (C=O) groups excluding carboxylic acids is 10. The fourth-order valence-corrected chi connectivity index (χ4v) is 9.27. The summed E-state index contributed by atoms with van der Waals surface area (Å²) in [4.78, 5) is 180. The molecule has 0 aliphatic rings. The summed E-state index contributed by atoms with van der Waals surface area (Å²) in [5, 5.41) is 71.7. The third-order valence-corrected chi connectivity index (χ3v) is 14.2. The van der Waals surface area contributed by atoms with Gasteiger partial charge in [0.1, 0.15) is 66.2 Å². The Balaban J connectivity index is 2.58. The number of carboxylic acid groups (broad SMARTS) is 3. The largest absolute Gasteiger partial charge is 0.508 e. The molecular formula is C57H89N13O18S. The molecule has 0 aliphatic heterocycles. The molecule has 0 bridgehead atoms. The van der Waals surface area contributed by atoms with Crippen LogP contribution in [-0.4, -0.2) is 191 Å². The Hall–Kier alpha value is -8.39. The second-order valence-corrected chi connectivity index (χ2v) is 23.8. The minimum Gasteiger partial charge on any atom is -0.508 e. The van der Waals surface area contributed by atoms with Gasteiger partial charge in [0.15, 0.2) is 0 Å². The van der Waals surface area contributed by atoms with E-state index >= 15 is 0 Å². The van der Waals surface area contributed by atoms with Crippen LogP contribution in [0.1, 0.15) is 124 Å². The number of primary amides is 1. The molecule has 0 radical (unpaired) electrons. The van der Waals surface area contributed by atoms with Gasteiger partial charge in [0, 0.05) is 44.0 Å². The molecule has 1 aromatic carbocycles. The molecule has 19 N–H and O–H groups in total. The van der Waals surface area contributed by atoms with Crippen LogP contribution in [0.25, 0.3) is 0 Å². The Bertz CT molecular complexity index is 2710. The number of aromatic amines is 1. The van der Waals surface area contributed by atoms with Crippen molar-refractivity contribution in [3.63, 3.8) is 0 Å². The van der Waals surface area contributed by atoms with Gasteiger partial charge in [-0.2, -0.15) is 11.8 Å². The number of aliphatic carboxylic acids is 3. The highest BCUT2D eigenvalue weighted by Crippen LogP contribution is 2.16. The third kappa shape index (κ3) is 29.4. The van der Waals surface area contributed by atoms with Gasteiger partial charge in [-0.1, -0.05) is 53.7 Å². The van der Waals surface area contributed by atoms with E-state index in [2.05, 4.69) is 57.8 Å². The van der Waals surface area contributed by atoms with E-state index < -0.39 is 176 Å². The number of nitrogens with two attached hydrogens (primary N) is 2. The summed E-state index contributed by atoms with van der Waals surface area (Å²) in [5.74, 6) is -14.5. The zero-order valence-corrected chi connectivity index (χ0v) is 52.1. The van der Waals surface area contributed by atoms with Crippen LogP contribution < -0.4 is 59.3 Å². The van der Waals surface area contributed by atoms with Crippen LogP contribution in [0.15, 0.2) is 36.8 Å². The first-order valence-electron chi connectivity index (χ1n) is 29.1. The summed E-state index contributed by atoms with van der Waals surface area (Å²) in [6.07, 6.45) is -0.914. The van der Waals surface area contributed by atoms with Crippen molar-refractivity contribution in [1.82, 2.24) is 57.8 Å². The smallest absolute Gasteiger partial charge is 0.326 e. The van der Waals surface area contributed by atoms with Gasteiger partial charge in [0.05, 0.1) is 12.4 Å². The number of nitrogens with zero attached hydrogens (tertiary/aromatic N) is 1. The second kappa shape index (κ2) is 38.8. The Morgan fingerprint density at radius 1 is 0.494 bits per heavy atom. The molecule has 0 aliphatic carbocycles. The molecule has 0 saturated carbocycles. The molecular weight excluding hydrogens is 1190 g/mol. The molecule has 0 fully saturated rings. The van der Waals surface area contributed by atoms with Gasteiger partial charge in [-0.15, -0.1) is 0 Å². The van der Waals surface area contributed by atoms with Crippen LogP contribution in [0.2, 0.25) is 0 Å². The standard InChI is InChI=1S/C57H89N13O18S/c1-28(2)21-39(51(81)62-35(14-17-45(74)75)48(78)66-40(22-29(3)4)52(82)65-38(57(87)88)13-16-44(58)73)67-50(80)37(19-20-89-8)64-54(84)42(24-32-9-11-34(72)12-10-32)68-49(79)36(15-18-46(76)77)63-55(85)43(25-33-26-60-27-61-33)69-53(83)41(23-30(5)6)70-56(86)47(59)31(7)71/h9-12,26-31,35-43,47,71-72H,13-25,59H2,1-8H3,(H2,58,73)(H,60,61)(H,62,81)(H,63,85)(H,64,84)(H,65,82)(H,66,78)(H,67,80)(H,68,79)(H,69,83)(H,70,86)(H,74,75)(H,76,77)(H,87,88)/t31-,35+,36+,37+,38+,39+,40+,41+,42+,43+,47+/m1/s1. The molecule has 0 spiro atoms. The molecule has 496 valence electrons. The number of amides is 10. The van der Waals surface area contributed by atoms with Crippen molar-refractivity contribution >= 4 is 88.7 Å². The van der Waals surface area contributed by atoms with E-state index in [0.717, 1.165) is 0 Å². The topological polar surface area (TPSA) is 512 Å². The SMILES string of the molecule is CSCC[C@H](NC(=O)[C@H](Cc1ccc(O)cc1)NC(=O)[C@H](CCC(=O)O)NC(=O)[C@H](Cc1cnc[nH]1)NC(=O)[C@H](CC(C)C)NC(=O)[C@@H](N)[C@@H](C)O)C(=O)N[C@@H](CC(C)C)C(=O)N[C@@H](CCC(=O)O)C(=O)N[C@@H](CC(C)C)C(=O)N[C@@H](CCC(N)=O)C(=O)O. The molecule has 0 saturated heterocycles. The highest BCUT2D eigenvalue weighted by Gasteiger charge is 2.37. The number of aromatic nitrogens is 2. The first-order valence-corrected chi connectivity index (χ1v) is 30.5. The maximum Gasteiger partial charge on any atom is 0.326 e. The van der Waals surface area contributed by atoms with Crippen molar-refractivity contribution in [3.8, 4) is 5.75 Å². The Labute approximate surface area is 519 Å². The van der Waals surface area contributed by atoms with Crippen LogP contribution in [0.5, 0.6) is 5.75 Å². The van der Waals surface area contributed by atoms with E-state index in [1.807, 2.05) is 0 Å². The summed E-state index contributed by atoms with van der Waals surface area (Å²) in [6.45, 7) is 11.6. The lowest BCUT2D eigenvalue weighted by Gasteiger charge is -2.29. The summed E-state index contributed by atoms with van der Waals surface area (Å²) in [7, 11) is 0. The highest BCUT2D eigenvalue weighted by molar-refractivity contribution is 7.98. The molecule has 2 rings (SSSR count). The van der Waals surface area contributed by atoms with E-state index in [9.17, 15) is 87.9 Å². The average molecular weight is 1280 g/mol. The molecule has 11 atom stereocenters. The maximum absolute atomic E-state index is 14.6. The van der Waals surface area contributed by atoms with Gasteiger partial charge in [-0.25, -0.2) is 9.78 Å². The number of thioether (sulfide) groups is 1. The monoisotopic (exact) mass is 1280 g/mol. The third-order valence-electron chi connectivity index (χ3n) is 13.6. The average Bonchev–Trinajstić information content (AvgIpc) is 2.75. The first kappa shape index (κ1) is 76.7. The van der Waals surface area contributed by atoms with Gasteiger partial charge < -0.3 is 89.8 Å². The van der Waals surface area contributed by atoms with Gasteiger partial charge in [0.2, 0.25) is 59.1 Å². The number of H-pyrrole nitrogens is 1. The number of rotatable bonds is 42. The van der Waals surface area contributed by atoms with Gasteiger partial charge >= 0.3 is 17.9 Å². The summed E-state index contributed by atoms with van der Waals surface area (Å²) in [6, 6.07) is -9.67. The van der Waals surface area contributed by atoms with Crippen molar-refractivity contribution in [1.29, 1.82) is 0 Å². The lowest BCUT2D eigenvalue weighted by molar-refractivity contribution is -0.143. The van der Waals surface area contributed by atoms with Crippen LogP contribution >= 0.6 is 11.8 Å². The number of phenolic OH excluding ortho intramolecular Hbond substituents is 1. The molecule has 2 aromatic rings. The minimum absolute atomic E-state index is 0.0509. The number of nitrogens with one attached hydrogen (secondary N) is 10. The predicted octanol–water partition coefficient (Wildman–Crippen LogP) is -2.06. The van der Waals surface area contributed by atoms with Crippen molar-refractivity contribution < 1.29 is 87.9 Å². The van der Waals surface area contributed by atoms with Crippen LogP contribution in [0.3, 0.4) is 0 Å². The minimum atomic E-state index is -1.72. The first-order chi connectivity index (χ1) is 41.7. The number of aromatic hydroxyl groups is 1. The fraction of sp³-hybridized carbons (Fsp3) is 0.614. The Morgan fingerprint density at radius 2 is 0.843 bits per heavy atom. The quantitative estimate of drug-likeness (QED) is 0.0340. The summed E-state index contributed by atoms with van der Waals surface area (Å²) >= 11 is 1.28. The van der Waals surface area contributed by atoms with Gasteiger partial charge in [-0.3, -0.25) is 57.5 Å². The van der Waals surface area contributed by atoms with Crippen molar-refractivity contribution in [2.75, 3.05) is 12.0 Å². The van der Waals surface area contributed by atoms with Crippen molar-refractivity contribution in [3.05, 3.63) is 48.0 Å². The summed E-state index contributed by atoms with van der Waals surface area (Å²) < 4.78 is 0. The fourth-order valence-electron chi connectivity index (χ4n) is 8.80. The predicted molar refractivity (Wildman–Crippen MR) is 322 cm³/mol. The number of hydrogen-bond acceptors (Lipinski definition) is 18. The van der Waals surface area contributed by atoms with Gasteiger partial charge in [0.25, 0.3) is 0 Å². The van der Waals surface area contributed by atoms with E-state index in [0.29, 0.717) is 11.3 Å². The summed E-state index contributed by atoms with van der Waals surface area (Å²) in [5.41, 5.74) is 11.7. The second-order valence-electron chi connectivity index (χ2n) is 22.8. The number of hydrogen-bond donors (Lipinski definition) is 17. The zero-order valence-electron chi connectivity index (χ0n) is 51.3. The molecule has 1 heterocycles. The number of aliphatic hydroxyl groups is 1. The number of carbonyl (C=O) groups is 13. The maximum atomic E-state index is 14.6. The number of benzene rings is 1. The molecule has 31 nitrogen and oxygen atoms in total. The molecule has 0 unspecified atom stereocenters. The number of phenols is 1. The van der Waals surface area contributed by atoms with Crippen LogP contribution in [0, 0.1) is 17.8 Å². The molecule has 89 heavy (non-hydrogen) atoms. The van der Waals surface area contributed by atoms with E-state index in [1.165, 1.54) is 55.5 Å². The van der Waals surface area contributed by atoms with E-state index in [-0.39, 0.29) is 74.2 Å². The van der Waals surface area contributed by atoms with Crippen molar-refractivity contribution in [2.45, 2.75) is 192 Å². The van der Waals surface area contributed by atoms with E-state index in [1.54, 1.807) is 47.8 Å². The Morgan fingerprint density at radius 3 is 1.20 bits per heavy atom. The highest BCUT2D eigenvalue weighted by atomic mass is 32.2. The molecule has 10 amide bonds.